The molecular formula is C32H55ClN8O11. The fraction of sp³-hybridized carbons (Fsp3) is 0.719. The van der Waals surface area contributed by atoms with E-state index in [-0.39, 0.29) is 18.8 Å². The van der Waals surface area contributed by atoms with E-state index in [0.29, 0.717) is 32.2 Å². The number of hydrogen-bond acceptors (Lipinski definition) is 12. The second kappa shape index (κ2) is 24.9. The highest BCUT2D eigenvalue weighted by atomic mass is 35.5. The summed E-state index contributed by atoms with van der Waals surface area (Å²) in [6, 6.07) is -8.50. The minimum Gasteiger partial charge on any atom is -0.481 e. The van der Waals surface area contributed by atoms with E-state index in [1.54, 1.807) is 27.7 Å². The number of aliphatic hydroxyl groups is 1. The minimum absolute atomic E-state index is 0.0553. The number of ketones is 2. The van der Waals surface area contributed by atoms with Gasteiger partial charge < -0.3 is 54.0 Å². The van der Waals surface area contributed by atoms with Gasteiger partial charge in [-0.1, -0.05) is 40.5 Å². The molecule has 0 aliphatic heterocycles. The SMILES string of the molecule is CC[C@H](C)[C@H](NC(=O)[C@@H](N)CCCCN)C(=O)N[C@@H](CO)C(=O)N[C@@H](CCC(N)=O)C(=O)N[C@@H](CC(C)C)C(=O)N[C@@H](CC(=O)O)C(=O)C(=O)CCl. The van der Waals surface area contributed by atoms with Crippen molar-refractivity contribution in [3.05, 3.63) is 0 Å². The number of primary amides is 1. The number of carboxylic acid groups (broad SMARTS) is 1. The van der Waals surface area contributed by atoms with Crippen LogP contribution in [0.5, 0.6) is 0 Å². The predicted octanol–water partition coefficient (Wildman–Crippen LogP) is -2.93. The standard InChI is InChI=1S/C32H55ClN8O11/c1-5-17(4)26(41-28(48)18(35)8-6-7-11-34)32(52)40-22(15-42)31(51)37-19(9-10-24(36)44)29(49)39-21(12-16(2)3)30(50)38-20(13-25(45)46)27(47)23(43)14-33/h16-22,26,42H,5-15,34-35H2,1-4H3,(H2,36,44)(H,37,51)(H,38,50)(H,39,49)(H,40,52)(H,41,48)(H,45,46)/t17-,18-,19-,20-,21-,22-,26-/m0/s1. The molecule has 0 unspecified atom stereocenters. The van der Waals surface area contributed by atoms with Crippen LogP contribution in [-0.4, -0.2) is 118 Å². The zero-order chi connectivity index (χ0) is 40.1. The van der Waals surface area contributed by atoms with E-state index >= 15 is 0 Å². The summed E-state index contributed by atoms with van der Waals surface area (Å²) in [6.07, 6.45) is 0.190. The Bertz CT molecular complexity index is 1270. The van der Waals surface area contributed by atoms with Crippen LogP contribution in [0, 0.1) is 11.8 Å². The highest BCUT2D eigenvalue weighted by Gasteiger charge is 2.35. The zero-order valence-electron chi connectivity index (χ0n) is 30.1. The molecular weight excluding hydrogens is 708 g/mol. The molecule has 13 N–H and O–H groups in total. The second-order valence-electron chi connectivity index (χ2n) is 12.8. The first-order valence-corrected chi connectivity index (χ1v) is 17.6. The maximum Gasteiger partial charge on any atom is 0.305 e. The fourth-order valence-corrected chi connectivity index (χ4v) is 4.91. The number of carbonyl (C=O) groups is 9. The topological polar surface area (TPSA) is 332 Å². The Morgan fingerprint density at radius 2 is 1.27 bits per heavy atom. The highest BCUT2D eigenvalue weighted by Crippen LogP contribution is 2.11. The molecule has 6 amide bonds. The highest BCUT2D eigenvalue weighted by molar-refractivity contribution is 6.48. The van der Waals surface area contributed by atoms with Gasteiger partial charge in [-0.05, 0) is 44.1 Å². The molecule has 0 bridgehead atoms. The van der Waals surface area contributed by atoms with Gasteiger partial charge in [0.2, 0.25) is 47.0 Å². The Morgan fingerprint density at radius 3 is 1.77 bits per heavy atom. The molecule has 0 spiro atoms. The Hall–Kier alpha value is -4.20. The van der Waals surface area contributed by atoms with Crippen LogP contribution >= 0.6 is 11.6 Å². The van der Waals surface area contributed by atoms with Gasteiger partial charge in [-0.3, -0.25) is 43.2 Å². The third-order valence-corrected chi connectivity index (χ3v) is 8.22. The van der Waals surface area contributed by atoms with Gasteiger partial charge in [0.25, 0.3) is 0 Å². The monoisotopic (exact) mass is 762 g/mol. The minimum atomic E-state index is -1.79. The Labute approximate surface area is 307 Å². The van der Waals surface area contributed by atoms with E-state index in [2.05, 4.69) is 26.6 Å². The van der Waals surface area contributed by atoms with E-state index < -0.39 is 120 Å². The van der Waals surface area contributed by atoms with Crippen LogP contribution in [0.1, 0.15) is 79.1 Å². The lowest BCUT2D eigenvalue weighted by molar-refractivity contribution is -0.143. The number of carboxylic acids is 1. The molecule has 0 aromatic rings. The first-order chi connectivity index (χ1) is 24.3. The van der Waals surface area contributed by atoms with E-state index in [9.17, 15) is 53.4 Å². The Kier molecular flexibility index (Phi) is 22.9. The molecule has 0 saturated heterocycles. The number of alkyl halides is 1. The van der Waals surface area contributed by atoms with Gasteiger partial charge in [-0.15, -0.1) is 11.6 Å². The molecule has 0 aliphatic carbocycles. The molecule has 0 heterocycles. The van der Waals surface area contributed by atoms with Crippen molar-refractivity contribution < 1.29 is 53.4 Å². The van der Waals surface area contributed by atoms with Crippen molar-refractivity contribution in [2.75, 3.05) is 19.0 Å². The van der Waals surface area contributed by atoms with Gasteiger partial charge >= 0.3 is 5.97 Å². The van der Waals surface area contributed by atoms with E-state index in [1.807, 2.05) is 0 Å². The summed E-state index contributed by atoms with van der Waals surface area (Å²) >= 11 is 5.42. The van der Waals surface area contributed by atoms with Crippen LogP contribution in [0.3, 0.4) is 0 Å². The molecule has 0 aromatic carbocycles. The maximum absolute atomic E-state index is 13.5. The summed E-state index contributed by atoms with van der Waals surface area (Å²) in [5, 5.41) is 31.1. The van der Waals surface area contributed by atoms with Crippen LogP contribution in [0.4, 0.5) is 0 Å². The molecule has 0 aliphatic rings. The second-order valence-corrected chi connectivity index (χ2v) is 13.1. The number of unbranched alkanes of at least 4 members (excludes halogenated alkanes) is 1. The summed E-state index contributed by atoms with van der Waals surface area (Å²) in [6.45, 7) is 6.31. The van der Waals surface area contributed by atoms with Crippen LogP contribution in [0.2, 0.25) is 0 Å². The third-order valence-electron chi connectivity index (χ3n) is 7.98. The molecule has 7 atom stereocenters. The van der Waals surface area contributed by atoms with E-state index in [1.165, 1.54) is 0 Å². The summed E-state index contributed by atoms with van der Waals surface area (Å²) in [5.74, 6) is -10.7. The van der Waals surface area contributed by atoms with Crippen molar-refractivity contribution in [2.24, 2.45) is 29.0 Å². The first kappa shape index (κ1) is 47.8. The smallest absolute Gasteiger partial charge is 0.305 e. The van der Waals surface area contributed by atoms with E-state index in [0.717, 1.165) is 0 Å². The Balaban J connectivity index is 6.11. The molecule has 0 fully saturated rings. The largest absolute Gasteiger partial charge is 0.481 e. The fourth-order valence-electron chi connectivity index (χ4n) is 4.78. The lowest BCUT2D eigenvalue weighted by Crippen LogP contribution is -2.61. The van der Waals surface area contributed by atoms with Crippen LogP contribution < -0.4 is 43.8 Å². The lowest BCUT2D eigenvalue weighted by atomic mass is 9.97. The van der Waals surface area contributed by atoms with Crippen LogP contribution in [0.15, 0.2) is 0 Å². The number of aliphatic hydroxyl groups excluding tert-OH is 1. The molecule has 20 heteroatoms. The number of halogens is 1. The molecule has 296 valence electrons. The van der Waals surface area contributed by atoms with Crippen molar-refractivity contribution in [1.29, 1.82) is 0 Å². The van der Waals surface area contributed by atoms with Gasteiger partial charge in [0.05, 0.1) is 24.9 Å². The predicted molar refractivity (Wildman–Crippen MR) is 188 cm³/mol. The first-order valence-electron chi connectivity index (χ1n) is 17.0. The van der Waals surface area contributed by atoms with Gasteiger partial charge in [0, 0.05) is 6.42 Å². The average Bonchev–Trinajstić information content (AvgIpc) is 3.08. The normalized spacial score (nSPS) is 15.1. The maximum atomic E-state index is 13.5. The van der Waals surface area contributed by atoms with Gasteiger partial charge in [0.1, 0.15) is 30.2 Å². The van der Waals surface area contributed by atoms with Crippen molar-refractivity contribution in [1.82, 2.24) is 26.6 Å². The summed E-state index contributed by atoms with van der Waals surface area (Å²) < 4.78 is 0. The average molecular weight is 763 g/mol. The molecule has 0 aromatic heterocycles. The third kappa shape index (κ3) is 17.8. The zero-order valence-corrected chi connectivity index (χ0v) is 30.8. The van der Waals surface area contributed by atoms with Crippen molar-refractivity contribution in [3.8, 4) is 0 Å². The summed E-state index contributed by atoms with van der Waals surface area (Å²) in [7, 11) is 0. The number of carbonyl (C=O) groups excluding carboxylic acids is 8. The van der Waals surface area contributed by atoms with Crippen LogP contribution in [-0.2, 0) is 43.2 Å². The molecule has 0 rings (SSSR count). The van der Waals surface area contributed by atoms with Gasteiger partial charge in [0.15, 0.2) is 0 Å². The number of amides is 6. The van der Waals surface area contributed by atoms with Crippen molar-refractivity contribution in [3.63, 3.8) is 0 Å². The van der Waals surface area contributed by atoms with Gasteiger partial charge in [-0.25, -0.2) is 0 Å². The number of aliphatic carboxylic acids is 1. The Morgan fingerprint density at radius 1 is 0.731 bits per heavy atom. The number of nitrogens with one attached hydrogen (secondary N) is 5. The van der Waals surface area contributed by atoms with Crippen molar-refractivity contribution in [2.45, 2.75) is 115 Å². The number of Topliss-reactive ketones (excluding diaryl/α,β-unsaturated/α-hetero) is 2. The molecule has 0 radical (unpaired) electrons. The molecule has 19 nitrogen and oxygen atoms in total. The summed E-state index contributed by atoms with van der Waals surface area (Å²) in [5.41, 5.74) is 16.7. The molecule has 52 heavy (non-hydrogen) atoms. The quantitative estimate of drug-likeness (QED) is 0.0228. The number of hydrogen-bond donors (Lipinski definition) is 10. The van der Waals surface area contributed by atoms with E-state index in [4.69, 9.17) is 28.8 Å². The number of rotatable bonds is 27. The number of nitrogens with two attached hydrogens (primary N) is 3. The van der Waals surface area contributed by atoms with Crippen molar-refractivity contribution >= 4 is 64.6 Å². The summed E-state index contributed by atoms with van der Waals surface area (Å²) in [4.78, 5) is 113. The van der Waals surface area contributed by atoms with Gasteiger partial charge in [-0.2, -0.15) is 0 Å². The van der Waals surface area contributed by atoms with Crippen LogP contribution in [0.25, 0.3) is 0 Å². The molecule has 0 saturated carbocycles. The lowest BCUT2D eigenvalue weighted by Gasteiger charge is -2.28.